The van der Waals surface area contributed by atoms with Gasteiger partial charge in [-0.25, -0.2) is 4.98 Å². The molecule has 0 spiro atoms. The van der Waals surface area contributed by atoms with Crippen molar-refractivity contribution in [3.05, 3.63) is 82.1 Å². The number of nitrogens with one attached hydrogen (secondary N) is 1. The largest absolute Gasteiger partial charge is 0.325 e. The number of amides is 1. The quantitative estimate of drug-likeness (QED) is 0.385. The maximum absolute atomic E-state index is 12.5. The molecule has 0 aliphatic rings. The Morgan fingerprint density at radius 1 is 1.07 bits per heavy atom. The number of thiophene rings is 1. The number of aromatic nitrogens is 2. The van der Waals surface area contributed by atoms with E-state index in [0.717, 1.165) is 32.7 Å². The number of anilines is 1. The topological polar surface area (TPSA) is 54.9 Å². The number of carbonyl (C=O) groups excluding carboxylic acids is 1. The number of carbonyl (C=O) groups is 1. The van der Waals surface area contributed by atoms with Crippen LogP contribution in [-0.4, -0.2) is 15.9 Å². The summed E-state index contributed by atoms with van der Waals surface area (Å²) in [6.07, 6.45) is 1.99. The van der Waals surface area contributed by atoms with E-state index in [9.17, 15) is 4.79 Å². The van der Waals surface area contributed by atoms with Gasteiger partial charge < -0.3 is 5.32 Å². The highest BCUT2D eigenvalue weighted by Crippen LogP contribution is 2.30. The molecule has 0 radical (unpaired) electrons. The molecule has 3 aromatic heterocycles. The molecule has 0 saturated heterocycles. The van der Waals surface area contributed by atoms with Gasteiger partial charge >= 0.3 is 0 Å². The summed E-state index contributed by atoms with van der Waals surface area (Å²) in [4.78, 5) is 22.5. The number of pyridine rings is 1. The van der Waals surface area contributed by atoms with Crippen molar-refractivity contribution in [2.45, 2.75) is 17.1 Å². The molecule has 7 heteroatoms. The molecule has 1 amide bonds. The molecule has 140 valence electrons. The van der Waals surface area contributed by atoms with Crippen molar-refractivity contribution < 1.29 is 4.79 Å². The smallest absolute Gasteiger partial charge is 0.230 e. The van der Waals surface area contributed by atoms with Gasteiger partial charge in [-0.05, 0) is 46.7 Å². The number of benzene rings is 1. The summed E-state index contributed by atoms with van der Waals surface area (Å²) >= 11 is 4.93. The van der Waals surface area contributed by atoms with Gasteiger partial charge in [0.2, 0.25) is 5.91 Å². The van der Waals surface area contributed by atoms with Gasteiger partial charge in [-0.1, -0.05) is 18.2 Å². The number of nitrogens with zero attached hydrogens (tertiary/aromatic N) is 2. The molecule has 4 aromatic rings. The zero-order valence-corrected chi connectivity index (χ0v) is 17.3. The number of thioether (sulfide) groups is 1. The summed E-state index contributed by atoms with van der Waals surface area (Å²) in [5, 5.41) is 10.0. The Hall–Kier alpha value is -2.48. The number of para-hydroxylation sites is 1. The summed E-state index contributed by atoms with van der Waals surface area (Å²) in [6.45, 7) is 0. The van der Waals surface area contributed by atoms with Crippen molar-refractivity contribution >= 4 is 46.0 Å². The lowest BCUT2D eigenvalue weighted by Crippen LogP contribution is -2.15. The summed E-state index contributed by atoms with van der Waals surface area (Å²) < 4.78 is 0. The minimum Gasteiger partial charge on any atom is -0.325 e. The van der Waals surface area contributed by atoms with Gasteiger partial charge in [0.05, 0.1) is 23.5 Å². The lowest BCUT2D eigenvalue weighted by atomic mass is 10.3. The molecule has 0 fully saturated rings. The van der Waals surface area contributed by atoms with Gasteiger partial charge in [0, 0.05) is 22.2 Å². The zero-order valence-electron chi connectivity index (χ0n) is 14.9. The van der Waals surface area contributed by atoms with Crippen LogP contribution in [0.25, 0.3) is 10.7 Å². The van der Waals surface area contributed by atoms with Crippen LogP contribution in [0.3, 0.4) is 0 Å². The van der Waals surface area contributed by atoms with Crippen LogP contribution in [-0.2, 0) is 17.0 Å². The Morgan fingerprint density at radius 3 is 2.79 bits per heavy atom. The molecule has 1 aromatic carbocycles. The van der Waals surface area contributed by atoms with Crippen LogP contribution in [0.15, 0.2) is 75.8 Å². The van der Waals surface area contributed by atoms with E-state index < -0.39 is 0 Å². The molecule has 0 saturated carbocycles. The third-order valence-electron chi connectivity index (χ3n) is 3.91. The highest BCUT2D eigenvalue weighted by molar-refractivity contribution is 7.98. The van der Waals surface area contributed by atoms with E-state index in [1.165, 1.54) is 16.9 Å². The van der Waals surface area contributed by atoms with Gasteiger partial charge in [-0.2, -0.15) is 11.3 Å². The fourth-order valence-electron chi connectivity index (χ4n) is 2.59. The SMILES string of the molecule is O=C(Cc1csc(-c2ccccn2)n1)Nc1ccccc1SCc1ccsc1. The van der Waals surface area contributed by atoms with E-state index in [4.69, 9.17) is 0 Å². The van der Waals surface area contributed by atoms with Crippen LogP contribution in [0.5, 0.6) is 0 Å². The highest BCUT2D eigenvalue weighted by atomic mass is 32.2. The average Bonchev–Trinajstić information content (AvgIpc) is 3.40. The van der Waals surface area contributed by atoms with E-state index in [0.29, 0.717) is 0 Å². The number of thiazole rings is 1. The summed E-state index contributed by atoms with van der Waals surface area (Å²) in [6, 6.07) is 15.8. The molecule has 28 heavy (non-hydrogen) atoms. The van der Waals surface area contributed by atoms with Crippen molar-refractivity contribution in [2.75, 3.05) is 5.32 Å². The van der Waals surface area contributed by atoms with E-state index >= 15 is 0 Å². The third kappa shape index (κ3) is 4.86. The van der Waals surface area contributed by atoms with Crippen molar-refractivity contribution in [2.24, 2.45) is 0 Å². The minimum absolute atomic E-state index is 0.0681. The molecule has 3 heterocycles. The van der Waals surface area contributed by atoms with Crippen LogP contribution >= 0.6 is 34.4 Å². The first-order valence-electron chi connectivity index (χ1n) is 8.66. The average molecular weight is 424 g/mol. The molecule has 0 unspecified atom stereocenters. The van der Waals surface area contributed by atoms with E-state index in [-0.39, 0.29) is 12.3 Å². The molecule has 0 aliphatic carbocycles. The fraction of sp³-hybridized carbons (Fsp3) is 0.0952. The van der Waals surface area contributed by atoms with Gasteiger partial charge in [0.1, 0.15) is 5.01 Å². The zero-order chi connectivity index (χ0) is 19.2. The molecule has 0 atom stereocenters. The van der Waals surface area contributed by atoms with Crippen LogP contribution < -0.4 is 5.32 Å². The Bertz CT molecular complexity index is 1050. The highest BCUT2D eigenvalue weighted by Gasteiger charge is 2.12. The molecule has 4 nitrogen and oxygen atoms in total. The molecule has 0 aliphatic heterocycles. The first-order chi connectivity index (χ1) is 13.8. The maximum Gasteiger partial charge on any atom is 0.230 e. The Kier molecular flexibility index (Phi) is 6.16. The van der Waals surface area contributed by atoms with Gasteiger partial charge in [-0.15, -0.1) is 23.1 Å². The van der Waals surface area contributed by atoms with Crippen LogP contribution in [0.2, 0.25) is 0 Å². The van der Waals surface area contributed by atoms with Crippen molar-refractivity contribution in [3.63, 3.8) is 0 Å². The predicted octanol–water partition coefficient (Wildman–Crippen LogP) is 5.74. The van der Waals surface area contributed by atoms with Crippen LogP contribution in [0.4, 0.5) is 5.69 Å². The fourth-order valence-corrected chi connectivity index (χ4v) is 5.11. The van der Waals surface area contributed by atoms with Crippen molar-refractivity contribution in [3.8, 4) is 10.7 Å². The molecule has 4 rings (SSSR count). The number of hydrogen-bond acceptors (Lipinski definition) is 6. The second-order valence-electron chi connectivity index (χ2n) is 6.00. The molecular weight excluding hydrogens is 406 g/mol. The summed E-state index contributed by atoms with van der Waals surface area (Å²) in [5.41, 5.74) is 3.72. The monoisotopic (exact) mass is 423 g/mol. The lowest BCUT2D eigenvalue weighted by molar-refractivity contribution is -0.115. The Morgan fingerprint density at radius 2 is 1.96 bits per heavy atom. The first-order valence-corrected chi connectivity index (χ1v) is 11.5. The Labute approximate surface area is 175 Å². The summed E-state index contributed by atoms with van der Waals surface area (Å²) in [7, 11) is 0. The standard InChI is InChI=1S/C21H17N3OS3/c25-20(11-16-14-28-21(23-16)18-6-3-4-9-22-18)24-17-5-1-2-7-19(17)27-13-15-8-10-26-12-15/h1-10,12,14H,11,13H2,(H,24,25). The molecule has 0 bridgehead atoms. The normalized spacial score (nSPS) is 10.7. The summed E-state index contributed by atoms with van der Waals surface area (Å²) in [5.74, 6) is 0.817. The van der Waals surface area contributed by atoms with E-state index in [1.54, 1.807) is 29.3 Å². The van der Waals surface area contributed by atoms with Gasteiger partial charge in [0.15, 0.2) is 0 Å². The lowest BCUT2D eigenvalue weighted by Gasteiger charge is -2.10. The number of hydrogen-bond donors (Lipinski definition) is 1. The second kappa shape index (κ2) is 9.14. The third-order valence-corrected chi connectivity index (χ3v) is 6.70. The molecular formula is C21H17N3OS3. The van der Waals surface area contributed by atoms with Gasteiger partial charge in [-0.3, -0.25) is 9.78 Å². The number of rotatable bonds is 7. The van der Waals surface area contributed by atoms with Crippen LogP contribution in [0, 0.1) is 0 Å². The maximum atomic E-state index is 12.5. The van der Waals surface area contributed by atoms with Gasteiger partial charge in [0.25, 0.3) is 0 Å². The minimum atomic E-state index is -0.0681. The van der Waals surface area contributed by atoms with E-state index in [1.807, 2.05) is 47.8 Å². The van der Waals surface area contributed by atoms with Crippen LogP contribution in [0.1, 0.15) is 11.3 Å². The Balaban J connectivity index is 1.39. The first kappa shape index (κ1) is 18.9. The second-order valence-corrected chi connectivity index (χ2v) is 8.66. The molecule has 1 N–H and O–H groups in total. The van der Waals surface area contributed by atoms with Crippen molar-refractivity contribution in [1.82, 2.24) is 9.97 Å². The van der Waals surface area contributed by atoms with E-state index in [2.05, 4.69) is 32.1 Å². The van der Waals surface area contributed by atoms with Crippen molar-refractivity contribution in [1.29, 1.82) is 0 Å². The predicted molar refractivity (Wildman–Crippen MR) is 118 cm³/mol.